The highest BCUT2D eigenvalue weighted by molar-refractivity contribution is 5.99. The van der Waals surface area contributed by atoms with Crippen molar-refractivity contribution >= 4 is 11.6 Å². The Labute approximate surface area is 178 Å². The van der Waals surface area contributed by atoms with Gasteiger partial charge in [-0.1, -0.05) is 93.6 Å². The van der Waals surface area contributed by atoms with Gasteiger partial charge < -0.3 is 4.74 Å². The summed E-state index contributed by atoms with van der Waals surface area (Å²) >= 11 is 0. The molecule has 0 aliphatic rings. The standard InChI is InChI=1S/C26H28N2O2/c1-19(20-14-16-22(17-15-20)21-10-6-5-7-11-21)27-28-25(29)18-30-24-13-9-8-12-23(24)26(2,3)4/h5-17H,18H2,1-4H3,(H,28,29). The maximum atomic E-state index is 12.2. The van der Waals surface area contributed by atoms with E-state index >= 15 is 0 Å². The summed E-state index contributed by atoms with van der Waals surface area (Å²) in [6.45, 7) is 8.13. The van der Waals surface area contributed by atoms with Gasteiger partial charge in [-0.05, 0) is 40.7 Å². The lowest BCUT2D eigenvalue weighted by Crippen LogP contribution is -2.26. The van der Waals surface area contributed by atoms with Gasteiger partial charge in [0.15, 0.2) is 6.61 Å². The minimum absolute atomic E-state index is 0.0618. The van der Waals surface area contributed by atoms with Crippen molar-refractivity contribution in [2.24, 2.45) is 5.10 Å². The second kappa shape index (κ2) is 9.40. The fraction of sp³-hybridized carbons (Fsp3) is 0.231. The molecule has 0 spiro atoms. The number of rotatable bonds is 6. The van der Waals surface area contributed by atoms with E-state index in [9.17, 15) is 4.79 Å². The van der Waals surface area contributed by atoms with Gasteiger partial charge in [-0.25, -0.2) is 5.43 Å². The van der Waals surface area contributed by atoms with Gasteiger partial charge in [0.25, 0.3) is 5.91 Å². The average molecular weight is 401 g/mol. The molecule has 0 saturated heterocycles. The second-order valence-corrected chi connectivity index (χ2v) is 8.21. The molecule has 3 aromatic rings. The average Bonchev–Trinajstić information content (AvgIpc) is 2.76. The van der Waals surface area contributed by atoms with E-state index in [1.165, 1.54) is 5.56 Å². The molecule has 4 heteroatoms. The molecule has 0 aromatic heterocycles. The van der Waals surface area contributed by atoms with Crippen LogP contribution in [0.5, 0.6) is 5.75 Å². The third-order valence-electron chi connectivity index (χ3n) is 4.81. The number of hydrazone groups is 1. The first-order chi connectivity index (χ1) is 14.3. The van der Waals surface area contributed by atoms with E-state index in [2.05, 4.69) is 55.6 Å². The molecule has 0 unspecified atom stereocenters. The number of nitrogens with one attached hydrogen (secondary N) is 1. The molecule has 0 aliphatic carbocycles. The normalized spacial score (nSPS) is 11.8. The van der Waals surface area contributed by atoms with Crippen LogP contribution in [0.25, 0.3) is 11.1 Å². The highest BCUT2D eigenvalue weighted by atomic mass is 16.5. The lowest BCUT2D eigenvalue weighted by molar-refractivity contribution is -0.123. The Morgan fingerprint density at radius 2 is 1.47 bits per heavy atom. The Kier molecular flexibility index (Phi) is 6.68. The van der Waals surface area contributed by atoms with Gasteiger partial charge in [0.05, 0.1) is 5.71 Å². The minimum Gasteiger partial charge on any atom is -0.483 e. The molecule has 3 rings (SSSR count). The monoisotopic (exact) mass is 400 g/mol. The molecule has 1 N–H and O–H groups in total. The number of carbonyl (C=O) groups is 1. The molecule has 0 saturated carbocycles. The number of nitrogens with zero attached hydrogens (tertiary/aromatic N) is 1. The van der Waals surface area contributed by atoms with Crippen LogP contribution in [0.4, 0.5) is 0 Å². The van der Waals surface area contributed by atoms with Crippen molar-refractivity contribution in [1.82, 2.24) is 5.43 Å². The highest BCUT2D eigenvalue weighted by Crippen LogP contribution is 2.30. The van der Waals surface area contributed by atoms with Gasteiger partial charge in [0, 0.05) is 0 Å². The van der Waals surface area contributed by atoms with Crippen LogP contribution in [0.3, 0.4) is 0 Å². The number of benzene rings is 3. The number of ether oxygens (including phenoxy) is 1. The van der Waals surface area contributed by atoms with Gasteiger partial charge in [-0.3, -0.25) is 4.79 Å². The molecular weight excluding hydrogens is 372 g/mol. The van der Waals surface area contributed by atoms with E-state index < -0.39 is 0 Å². The number of hydrogen-bond donors (Lipinski definition) is 1. The lowest BCUT2D eigenvalue weighted by atomic mass is 9.86. The van der Waals surface area contributed by atoms with E-state index in [1.54, 1.807) is 0 Å². The summed E-state index contributed by atoms with van der Waals surface area (Å²) in [5.41, 5.74) is 7.58. The molecule has 3 aromatic carbocycles. The van der Waals surface area contributed by atoms with Crippen molar-refractivity contribution in [3.63, 3.8) is 0 Å². The number of hydrogen-bond acceptors (Lipinski definition) is 3. The molecule has 0 heterocycles. The van der Waals surface area contributed by atoms with Crippen LogP contribution in [-0.2, 0) is 10.2 Å². The van der Waals surface area contributed by atoms with Crippen LogP contribution in [0.2, 0.25) is 0 Å². The summed E-state index contributed by atoms with van der Waals surface area (Å²) in [6, 6.07) is 26.1. The van der Waals surface area contributed by atoms with E-state index in [1.807, 2.05) is 61.5 Å². The number of amides is 1. The summed E-state index contributed by atoms with van der Waals surface area (Å²) in [7, 11) is 0. The van der Waals surface area contributed by atoms with Crippen molar-refractivity contribution in [2.45, 2.75) is 33.1 Å². The molecule has 0 bridgehead atoms. The first-order valence-corrected chi connectivity index (χ1v) is 10.1. The summed E-state index contributed by atoms with van der Waals surface area (Å²) in [5, 5.41) is 4.22. The van der Waals surface area contributed by atoms with Gasteiger partial charge >= 0.3 is 0 Å². The van der Waals surface area contributed by atoms with Gasteiger partial charge in [0.2, 0.25) is 0 Å². The molecule has 30 heavy (non-hydrogen) atoms. The lowest BCUT2D eigenvalue weighted by Gasteiger charge is -2.22. The maximum Gasteiger partial charge on any atom is 0.277 e. The number of para-hydroxylation sites is 1. The fourth-order valence-electron chi connectivity index (χ4n) is 3.13. The Balaban J connectivity index is 1.59. The van der Waals surface area contributed by atoms with E-state index in [-0.39, 0.29) is 17.9 Å². The van der Waals surface area contributed by atoms with Gasteiger partial charge in [-0.15, -0.1) is 0 Å². The van der Waals surface area contributed by atoms with Gasteiger partial charge in [-0.2, -0.15) is 5.10 Å². The van der Waals surface area contributed by atoms with E-state index in [4.69, 9.17) is 4.74 Å². The molecule has 4 nitrogen and oxygen atoms in total. The smallest absolute Gasteiger partial charge is 0.277 e. The number of carbonyl (C=O) groups excluding carboxylic acids is 1. The van der Waals surface area contributed by atoms with Crippen molar-refractivity contribution in [2.75, 3.05) is 6.61 Å². The van der Waals surface area contributed by atoms with Crippen LogP contribution in [0.15, 0.2) is 84.0 Å². The Morgan fingerprint density at radius 1 is 0.867 bits per heavy atom. The predicted octanol–water partition coefficient (Wildman–Crippen LogP) is 5.57. The first-order valence-electron chi connectivity index (χ1n) is 10.1. The molecule has 0 aliphatic heterocycles. The van der Waals surface area contributed by atoms with Crippen LogP contribution >= 0.6 is 0 Å². The molecule has 1 amide bonds. The summed E-state index contributed by atoms with van der Waals surface area (Å²) in [4.78, 5) is 12.2. The Morgan fingerprint density at radius 3 is 2.13 bits per heavy atom. The quantitative estimate of drug-likeness (QED) is 0.434. The molecular formula is C26H28N2O2. The van der Waals surface area contributed by atoms with E-state index in [0.717, 1.165) is 28.2 Å². The largest absolute Gasteiger partial charge is 0.483 e. The van der Waals surface area contributed by atoms with Crippen molar-refractivity contribution in [3.8, 4) is 16.9 Å². The minimum atomic E-state index is -0.293. The van der Waals surface area contributed by atoms with Crippen LogP contribution < -0.4 is 10.2 Å². The van der Waals surface area contributed by atoms with Gasteiger partial charge in [0.1, 0.15) is 5.75 Å². The summed E-state index contributed by atoms with van der Waals surface area (Å²) in [6.07, 6.45) is 0. The van der Waals surface area contributed by atoms with Crippen LogP contribution in [0.1, 0.15) is 38.8 Å². The third kappa shape index (κ3) is 5.57. The summed E-state index contributed by atoms with van der Waals surface area (Å²) < 4.78 is 5.75. The fourth-order valence-corrected chi connectivity index (χ4v) is 3.13. The third-order valence-corrected chi connectivity index (χ3v) is 4.81. The second-order valence-electron chi connectivity index (χ2n) is 8.21. The zero-order valence-corrected chi connectivity index (χ0v) is 18.0. The molecule has 154 valence electrons. The van der Waals surface area contributed by atoms with Crippen LogP contribution in [-0.4, -0.2) is 18.2 Å². The maximum absolute atomic E-state index is 12.2. The molecule has 0 radical (unpaired) electrons. The first kappa shape index (κ1) is 21.3. The Hall–Kier alpha value is -3.40. The molecule has 0 fully saturated rings. The topological polar surface area (TPSA) is 50.7 Å². The van der Waals surface area contributed by atoms with Crippen molar-refractivity contribution < 1.29 is 9.53 Å². The zero-order valence-electron chi connectivity index (χ0n) is 18.0. The van der Waals surface area contributed by atoms with Crippen molar-refractivity contribution in [1.29, 1.82) is 0 Å². The van der Waals surface area contributed by atoms with Crippen LogP contribution in [0, 0.1) is 0 Å². The Bertz CT molecular complexity index is 1020. The highest BCUT2D eigenvalue weighted by Gasteiger charge is 2.18. The van der Waals surface area contributed by atoms with Crippen molar-refractivity contribution in [3.05, 3.63) is 90.0 Å². The van der Waals surface area contributed by atoms with E-state index in [0.29, 0.717) is 0 Å². The zero-order chi connectivity index (χ0) is 21.6. The SMILES string of the molecule is CC(=NNC(=O)COc1ccccc1C(C)(C)C)c1ccc(-c2ccccc2)cc1. The molecule has 0 atom stereocenters. The summed E-state index contributed by atoms with van der Waals surface area (Å²) in [5.74, 6) is 0.427. The predicted molar refractivity (Wildman–Crippen MR) is 123 cm³/mol.